The molecule has 1 heterocycles. The van der Waals surface area contributed by atoms with Crippen LogP contribution in [0, 0.1) is 25.2 Å². The summed E-state index contributed by atoms with van der Waals surface area (Å²) in [5.74, 6) is -0.736. The summed E-state index contributed by atoms with van der Waals surface area (Å²) in [5, 5.41) is 9.08. The number of hydrogen-bond donors (Lipinski definition) is 0. The summed E-state index contributed by atoms with van der Waals surface area (Å²) in [5.41, 5.74) is 2.61. The van der Waals surface area contributed by atoms with Crippen molar-refractivity contribution in [3.05, 3.63) is 64.7 Å². The molecule has 0 aromatic heterocycles. The molecule has 33 heavy (non-hydrogen) atoms. The van der Waals surface area contributed by atoms with Gasteiger partial charge in [0.2, 0.25) is 15.9 Å². The second-order valence-corrected chi connectivity index (χ2v) is 9.89. The number of hydrogen-bond acceptors (Lipinski definition) is 6. The lowest BCUT2D eigenvalue weighted by molar-refractivity contribution is -0.147. The van der Waals surface area contributed by atoms with E-state index in [1.807, 2.05) is 19.1 Å². The molecule has 0 atom stereocenters. The molecule has 9 heteroatoms. The van der Waals surface area contributed by atoms with Crippen LogP contribution in [-0.4, -0.2) is 55.7 Å². The zero-order chi connectivity index (χ0) is 24.0. The Morgan fingerprint density at radius 1 is 1.03 bits per heavy atom. The zero-order valence-electron chi connectivity index (χ0n) is 18.8. The Kier molecular flexibility index (Phi) is 7.84. The first-order valence-corrected chi connectivity index (χ1v) is 12.1. The number of rotatable bonds is 7. The average molecular weight is 470 g/mol. The van der Waals surface area contributed by atoms with Gasteiger partial charge in [0.25, 0.3) is 0 Å². The molecule has 1 saturated heterocycles. The van der Waals surface area contributed by atoms with Gasteiger partial charge in [-0.1, -0.05) is 30.3 Å². The van der Waals surface area contributed by atoms with Crippen molar-refractivity contribution in [2.24, 2.45) is 0 Å². The molecule has 174 valence electrons. The van der Waals surface area contributed by atoms with Crippen LogP contribution < -0.4 is 0 Å². The van der Waals surface area contributed by atoms with Gasteiger partial charge in [-0.3, -0.25) is 9.59 Å². The van der Waals surface area contributed by atoms with E-state index in [9.17, 15) is 18.0 Å². The lowest BCUT2D eigenvalue weighted by atomic mass is 10.1. The van der Waals surface area contributed by atoms with Gasteiger partial charge < -0.3 is 9.64 Å². The molecular formula is C24H27N3O5S. The molecule has 0 bridgehead atoms. The van der Waals surface area contributed by atoms with Crippen molar-refractivity contribution >= 4 is 21.9 Å². The molecule has 0 radical (unpaired) electrons. The third-order valence-corrected chi connectivity index (χ3v) is 7.66. The monoisotopic (exact) mass is 469 g/mol. The van der Waals surface area contributed by atoms with Gasteiger partial charge in [0.05, 0.1) is 22.9 Å². The quantitative estimate of drug-likeness (QED) is 0.577. The van der Waals surface area contributed by atoms with Crippen molar-refractivity contribution in [2.75, 3.05) is 26.2 Å². The molecule has 8 nitrogen and oxygen atoms in total. The van der Waals surface area contributed by atoms with E-state index < -0.39 is 16.0 Å². The van der Waals surface area contributed by atoms with E-state index >= 15 is 0 Å². The van der Waals surface area contributed by atoms with E-state index in [-0.39, 0.29) is 51.5 Å². The van der Waals surface area contributed by atoms with Crippen LogP contribution in [0.3, 0.4) is 0 Å². The highest BCUT2D eigenvalue weighted by atomic mass is 32.2. The van der Waals surface area contributed by atoms with Crippen LogP contribution in [0.2, 0.25) is 0 Å². The third kappa shape index (κ3) is 5.97. The van der Waals surface area contributed by atoms with Crippen molar-refractivity contribution in [1.82, 2.24) is 9.21 Å². The van der Waals surface area contributed by atoms with Gasteiger partial charge in [-0.25, -0.2) is 8.42 Å². The predicted molar refractivity (Wildman–Crippen MR) is 121 cm³/mol. The van der Waals surface area contributed by atoms with Crippen LogP contribution in [0.15, 0.2) is 47.4 Å². The predicted octanol–water partition coefficient (Wildman–Crippen LogP) is 2.53. The molecule has 0 aliphatic carbocycles. The van der Waals surface area contributed by atoms with Gasteiger partial charge in [-0.05, 0) is 37.1 Å². The zero-order valence-corrected chi connectivity index (χ0v) is 19.6. The van der Waals surface area contributed by atoms with Crippen LogP contribution in [0.1, 0.15) is 35.1 Å². The molecular weight excluding hydrogens is 442 g/mol. The average Bonchev–Trinajstić information content (AvgIpc) is 2.82. The van der Waals surface area contributed by atoms with Gasteiger partial charge >= 0.3 is 5.97 Å². The van der Waals surface area contributed by atoms with Crippen LogP contribution in [-0.2, 0) is 31.0 Å². The normalized spacial score (nSPS) is 14.5. The number of piperazine rings is 1. The maximum absolute atomic E-state index is 13.0. The number of amides is 1. The smallest absolute Gasteiger partial charge is 0.306 e. The third-order valence-electron chi connectivity index (χ3n) is 5.62. The fourth-order valence-electron chi connectivity index (χ4n) is 3.65. The first-order valence-electron chi connectivity index (χ1n) is 10.7. The topological polar surface area (TPSA) is 108 Å². The number of nitriles is 1. The van der Waals surface area contributed by atoms with Crippen molar-refractivity contribution in [1.29, 1.82) is 5.26 Å². The van der Waals surface area contributed by atoms with E-state index in [1.165, 1.54) is 4.31 Å². The van der Waals surface area contributed by atoms with Crippen molar-refractivity contribution in [2.45, 2.75) is 38.2 Å². The van der Waals surface area contributed by atoms with Crippen LogP contribution in [0.4, 0.5) is 0 Å². The molecule has 2 aromatic carbocycles. The number of esters is 1. The minimum Gasteiger partial charge on any atom is -0.461 e. The van der Waals surface area contributed by atoms with E-state index in [2.05, 4.69) is 0 Å². The molecule has 0 saturated carbocycles. The highest BCUT2D eigenvalue weighted by Crippen LogP contribution is 2.22. The second-order valence-electron chi connectivity index (χ2n) is 7.98. The fourth-order valence-corrected chi connectivity index (χ4v) is 5.39. The Bertz CT molecular complexity index is 1180. The standard InChI is InChI=1S/C24H27N3O5S/c1-18-7-8-19(2)22(15-18)33(30,31)27-13-11-26(12-14-27)23(28)9-10-24(29)32-17-21-6-4-3-5-20(21)16-25/h3-8,15H,9-14,17H2,1-2H3. The first-order chi connectivity index (χ1) is 15.7. The first kappa shape index (κ1) is 24.4. The Labute approximate surface area is 194 Å². The highest BCUT2D eigenvalue weighted by molar-refractivity contribution is 7.89. The van der Waals surface area contributed by atoms with Gasteiger partial charge in [0.15, 0.2) is 0 Å². The van der Waals surface area contributed by atoms with E-state index in [1.54, 1.807) is 48.2 Å². The van der Waals surface area contributed by atoms with Gasteiger partial charge in [-0.2, -0.15) is 9.57 Å². The Balaban J connectivity index is 1.48. The van der Waals surface area contributed by atoms with Crippen molar-refractivity contribution in [3.8, 4) is 6.07 Å². The number of carbonyl (C=O) groups is 2. The lowest BCUT2D eigenvalue weighted by Gasteiger charge is -2.34. The summed E-state index contributed by atoms with van der Waals surface area (Å²) in [6, 6.07) is 14.2. The maximum atomic E-state index is 13.0. The van der Waals surface area contributed by atoms with Gasteiger partial charge in [0.1, 0.15) is 6.61 Å². The Morgan fingerprint density at radius 3 is 2.42 bits per heavy atom. The van der Waals surface area contributed by atoms with Crippen LogP contribution in [0.25, 0.3) is 0 Å². The Hall–Kier alpha value is -3.22. The highest BCUT2D eigenvalue weighted by Gasteiger charge is 2.31. The van der Waals surface area contributed by atoms with Crippen molar-refractivity contribution in [3.63, 3.8) is 0 Å². The van der Waals surface area contributed by atoms with E-state index in [0.717, 1.165) is 5.56 Å². The summed E-state index contributed by atoms with van der Waals surface area (Å²) < 4.78 is 32.6. The van der Waals surface area contributed by atoms with Crippen LogP contribution >= 0.6 is 0 Å². The van der Waals surface area contributed by atoms with Crippen LogP contribution in [0.5, 0.6) is 0 Å². The maximum Gasteiger partial charge on any atom is 0.306 e. The molecule has 3 rings (SSSR count). The van der Waals surface area contributed by atoms with Gasteiger partial charge in [-0.15, -0.1) is 0 Å². The molecule has 1 amide bonds. The number of ether oxygens (including phenoxy) is 1. The van der Waals surface area contributed by atoms with Crippen molar-refractivity contribution < 1.29 is 22.7 Å². The minimum absolute atomic E-state index is 0.0114. The summed E-state index contributed by atoms with van der Waals surface area (Å²) in [4.78, 5) is 26.4. The SMILES string of the molecule is Cc1ccc(C)c(S(=O)(=O)N2CCN(C(=O)CCC(=O)OCc3ccccc3C#N)CC2)c1. The number of sulfonamides is 1. The molecule has 1 fully saturated rings. The van der Waals surface area contributed by atoms with E-state index in [0.29, 0.717) is 21.6 Å². The molecule has 2 aromatic rings. The minimum atomic E-state index is -3.63. The largest absolute Gasteiger partial charge is 0.461 e. The lowest BCUT2D eigenvalue weighted by Crippen LogP contribution is -2.50. The number of carbonyl (C=O) groups excluding carboxylic acids is 2. The number of aryl methyl sites for hydroxylation is 2. The summed E-state index contributed by atoms with van der Waals surface area (Å²) in [7, 11) is -3.63. The van der Waals surface area contributed by atoms with E-state index in [4.69, 9.17) is 10.00 Å². The number of benzene rings is 2. The molecule has 1 aliphatic rings. The summed E-state index contributed by atoms with van der Waals surface area (Å²) >= 11 is 0. The summed E-state index contributed by atoms with van der Waals surface area (Å²) in [6.07, 6.45) is -0.0863. The summed E-state index contributed by atoms with van der Waals surface area (Å²) in [6.45, 7) is 4.55. The molecule has 0 spiro atoms. The molecule has 0 unspecified atom stereocenters. The second kappa shape index (κ2) is 10.6. The molecule has 1 aliphatic heterocycles. The van der Waals surface area contributed by atoms with Gasteiger partial charge in [0, 0.05) is 38.2 Å². The Morgan fingerprint density at radius 2 is 1.73 bits per heavy atom. The fraction of sp³-hybridized carbons (Fsp3) is 0.375. The number of nitrogens with zero attached hydrogens (tertiary/aromatic N) is 3. The molecule has 0 N–H and O–H groups in total.